The second-order valence-electron chi connectivity index (χ2n) is 7.59. The minimum Gasteiger partial charge on any atom is -0.472 e. The van der Waals surface area contributed by atoms with Crippen LogP contribution in [0.2, 0.25) is 19.6 Å². The molecule has 0 aliphatic heterocycles. The summed E-state index contributed by atoms with van der Waals surface area (Å²) in [7, 11) is -1.71. The summed E-state index contributed by atoms with van der Waals surface area (Å²) in [4.78, 5) is 0. The third-order valence-electron chi connectivity index (χ3n) is 4.17. The van der Waals surface area contributed by atoms with Gasteiger partial charge in [0.05, 0.1) is 5.52 Å². The van der Waals surface area contributed by atoms with E-state index in [1.165, 1.54) is 16.7 Å². The number of para-hydroxylation sites is 1. The summed E-state index contributed by atoms with van der Waals surface area (Å²) in [6.45, 7) is 13.2. The molecule has 0 N–H and O–H groups in total. The molecule has 1 aromatic heterocycles. The molecule has 4 nitrogen and oxygen atoms in total. The van der Waals surface area contributed by atoms with Gasteiger partial charge in [0, 0.05) is 0 Å². The Morgan fingerprint density at radius 2 is 1.62 bits per heavy atom. The van der Waals surface area contributed by atoms with E-state index in [4.69, 9.17) is 4.74 Å². The van der Waals surface area contributed by atoms with Crippen LogP contribution in [0.1, 0.15) is 22.5 Å². The molecule has 5 heteroatoms. The fourth-order valence-corrected chi connectivity index (χ4v) is 4.51. The zero-order valence-corrected chi connectivity index (χ0v) is 16.3. The number of rotatable bonds is 4. The van der Waals surface area contributed by atoms with Gasteiger partial charge in [-0.2, -0.15) is 0 Å². The fourth-order valence-electron chi connectivity index (χ4n) is 3.12. The summed E-state index contributed by atoms with van der Waals surface area (Å²) in [5.41, 5.74) is 5.52. The van der Waals surface area contributed by atoms with E-state index in [1.54, 1.807) is 0 Å². The normalized spacial score (nSPS) is 13.2. The highest BCUT2D eigenvalue weighted by Gasteiger charge is 2.33. The van der Waals surface area contributed by atoms with Crippen LogP contribution in [0.3, 0.4) is 0 Å². The van der Waals surface area contributed by atoms with Gasteiger partial charge in [0.2, 0.25) is 0 Å². The largest absolute Gasteiger partial charge is 0.472 e. The molecule has 0 aliphatic carbocycles. The predicted molar refractivity (Wildman–Crippen MR) is 101 cm³/mol. The average Bonchev–Trinajstić information content (AvgIpc) is 2.89. The van der Waals surface area contributed by atoms with Gasteiger partial charge in [-0.3, -0.25) is 0 Å². The second-order valence-corrected chi connectivity index (χ2v) is 12.8. The molecule has 1 unspecified atom stereocenters. The summed E-state index contributed by atoms with van der Waals surface area (Å²) in [6.07, 6.45) is 0. The highest BCUT2D eigenvalue weighted by Crippen LogP contribution is 2.32. The molecule has 1 atom stereocenters. The van der Waals surface area contributed by atoms with Gasteiger partial charge < -0.3 is 4.74 Å². The van der Waals surface area contributed by atoms with Crippen LogP contribution in [-0.2, 0) is 0 Å². The molecule has 2 aromatic carbocycles. The van der Waals surface area contributed by atoms with Crippen molar-refractivity contribution < 1.29 is 4.74 Å². The number of benzene rings is 2. The van der Waals surface area contributed by atoms with Gasteiger partial charge in [0.1, 0.15) is 19.3 Å². The first kappa shape index (κ1) is 16.7. The lowest BCUT2D eigenvalue weighted by Gasteiger charge is -2.31. The molecule has 126 valence electrons. The van der Waals surface area contributed by atoms with Crippen LogP contribution in [0, 0.1) is 20.8 Å². The zero-order chi connectivity index (χ0) is 17.5. The van der Waals surface area contributed by atoms with Crippen molar-refractivity contribution >= 4 is 19.1 Å². The summed E-state index contributed by atoms with van der Waals surface area (Å²) >= 11 is 0. The van der Waals surface area contributed by atoms with Gasteiger partial charge in [-0.1, -0.05) is 54.7 Å². The van der Waals surface area contributed by atoms with Gasteiger partial charge in [0.15, 0.2) is 5.85 Å². The minimum atomic E-state index is -1.71. The maximum atomic E-state index is 6.57. The number of hydrogen-bond donors (Lipinski definition) is 0. The maximum Gasteiger partial charge on any atom is 0.175 e. The molecule has 0 saturated heterocycles. The standard InChI is InChI=1S/C19H25N3OSi/c1-13-11-14(2)18(15(3)12-13)23-19(24(4,5)6)22-17-10-8-7-9-16(17)20-21-22/h7-12,19H,1-6H3. The van der Waals surface area contributed by atoms with E-state index in [9.17, 15) is 0 Å². The molecule has 0 radical (unpaired) electrons. The Morgan fingerprint density at radius 3 is 2.25 bits per heavy atom. The topological polar surface area (TPSA) is 39.9 Å². The maximum absolute atomic E-state index is 6.57. The molecule has 0 amide bonds. The lowest BCUT2D eigenvalue weighted by molar-refractivity contribution is 0.188. The molecule has 3 rings (SSSR count). The predicted octanol–water partition coefficient (Wildman–Crippen LogP) is 4.81. The molecular formula is C19H25N3OSi. The molecule has 1 heterocycles. The van der Waals surface area contributed by atoms with Gasteiger partial charge in [0.25, 0.3) is 0 Å². The summed E-state index contributed by atoms with van der Waals surface area (Å²) in [5, 5.41) is 8.72. The van der Waals surface area contributed by atoms with Crippen molar-refractivity contribution in [2.24, 2.45) is 0 Å². The highest BCUT2D eigenvalue weighted by atomic mass is 28.3. The number of ether oxygens (including phenoxy) is 1. The summed E-state index contributed by atoms with van der Waals surface area (Å²) in [5.74, 6) is 0.859. The Bertz CT molecular complexity index is 857. The highest BCUT2D eigenvalue weighted by molar-refractivity contribution is 6.76. The SMILES string of the molecule is Cc1cc(C)c(OC(n2nnc3ccccc32)[Si](C)(C)C)c(C)c1. The smallest absolute Gasteiger partial charge is 0.175 e. The van der Waals surface area contributed by atoms with Gasteiger partial charge in [-0.25, -0.2) is 4.68 Å². The molecular weight excluding hydrogens is 314 g/mol. The van der Waals surface area contributed by atoms with Crippen LogP contribution in [0.5, 0.6) is 5.75 Å². The molecule has 0 saturated carbocycles. The van der Waals surface area contributed by atoms with E-state index in [0.717, 1.165) is 16.8 Å². The van der Waals surface area contributed by atoms with Crippen molar-refractivity contribution in [2.75, 3.05) is 0 Å². The van der Waals surface area contributed by atoms with Gasteiger partial charge in [-0.15, -0.1) is 5.10 Å². The zero-order valence-electron chi connectivity index (χ0n) is 15.3. The third kappa shape index (κ3) is 3.08. The van der Waals surface area contributed by atoms with E-state index in [1.807, 2.05) is 22.9 Å². The molecule has 0 fully saturated rings. The van der Waals surface area contributed by atoms with Crippen LogP contribution in [0.4, 0.5) is 0 Å². The quantitative estimate of drug-likeness (QED) is 0.640. The Hall–Kier alpha value is -2.14. The molecule has 0 bridgehead atoms. The first-order valence-corrected chi connectivity index (χ1v) is 11.9. The Morgan fingerprint density at radius 1 is 1.00 bits per heavy atom. The third-order valence-corrected chi connectivity index (χ3v) is 6.02. The number of hydrogen-bond acceptors (Lipinski definition) is 3. The van der Waals surface area contributed by atoms with Crippen LogP contribution in [0.25, 0.3) is 11.0 Å². The van der Waals surface area contributed by atoms with E-state index < -0.39 is 8.07 Å². The lowest BCUT2D eigenvalue weighted by Crippen LogP contribution is -2.40. The second kappa shape index (κ2) is 6.05. The molecule has 0 spiro atoms. The monoisotopic (exact) mass is 339 g/mol. The molecule has 24 heavy (non-hydrogen) atoms. The molecule has 0 aliphatic rings. The van der Waals surface area contributed by atoms with Crippen LogP contribution in [-0.4, -0.2) is 23.1 Å². The Labute approximate surface area is 144 Å². The summed E-state index contributed by atoms with van der Waals surface area (Å²) < 4.78 is 8.53. The first-order valence-electron chi connectivity index (χ1n) is 8.32. The molecule has 3 aromatic rings. The van der Waals surface area contributed by atoms with Crippen molar-refractivity contribution in [3.05, 3.63) is 53.1 Å². The van der Waals surface area contributed by atoms with E-state index in [0.29, 0.717) is 0 Å². The van der Waals surface area contributed by atoms with E-state index in [2.05, 4.69) is 68.9 Å². The number of fused-ring (bicyclic) bond motifs is 1. The fraction of sp³-hybridized carbons (Fsp3) is 0.368. The van der Waals surface area contributed by atoms with Crippen molar-refractivity contribution in [3.8, 4) is 5.75 Å². The first-order chi connectivity index (χ1) is 11.3. The number of aryl methyl sites for hydroxylation is 3. The van der Waals surface area contributed by atoms with Crippen LogP contribution >= 0.6 is 0 Å². The Kier molecular flexibility index (Phi) is 4.21. The Balaban J connectivity index is 2.09. The lowest BCUT2D eigenvalue weighted by atomic mass is 10.1. The van der Waals surface area contributed by atoms with E-state index >= 15 is 0 Å². The van der Waals surface area contributed by atoms with Crippen molar-refractivity contribution in [3.63, 3.8) is 0 Å². The van der Waals surface area contributed by atoms with Gasteiger partial charge in [-0.05, 0) is 44.0 Å². The van der Waals surface area contributed by atoms with Crippen LogP contribution in [0.15, 0.2) is 36.4 Å². The van der Waals surface area contributed by atoms with Gasteiger partial charge >= 0.3 is 0 Å². The van der Waals surface area contributed by atoms with E-state index in [-0.39, 0.29) is 5.85 Å². The number of nitrogens with zero attached hydrogens (tertiary/aromatic N) is 3. The summed E-state index contributed by atoms with van der Waals surface area (Å²) in [6, 6.07) is 12.4. The van der Waals surface area contributed by atoms with Crippen molar-refractivity contribution in [1.29, 1.82) is 0 Å². The van der Waals surface area contributed by atoms with Crippen LogP contribution < -0.4 is 4.74 Å². The average molecular weight is 340 g/mol. The minimum absolute atomic E-state index is 0.106. The van der Waals surface area contributed by atoms with Crippen molar-refractivity contribution in [1.82, 2.24) is 15.0 Å². The van der Waals surface area contributed by atoms with Crippen molar-refractivity contribution in [2.45, 2.75) is 46.3 Å². The number of aromatic nitrogens is 3.